The van der Waals surface area contributed by atoms with Gasteiger partial charge in [-0.3, -0.25) is 9.59 Å². The van der Waals surface area contributed by atoms with Crippen LogP contribution in [-0.4, -0.2) is 11.6 Å². The predicted octanol–water partition coefficient (Wildman–Crippen LogP) is 6.41. The smallest absolute Gasteiger partial charge is 0.159 e. The van der Waals surface area contributed by atoms with Gasteiger partial charge in [0.05, 0.1) is 0 Å². The Morgan fingerprint density at radius 1 is 1.03 bits per heavy atom. The summed E-state index contributed by atoms with van der Waals surface area (Å²) in [5.41, 5.74) is 6.07. The van der Waals surface area contributed by atoms with Gasteiger partial charge in [0, 0.05) is 25.2 Å². The number of carbonyl (C=O) groups is 2. The maximum absolute atomic E-state index is 12.4. The van der Waals surface area contributed by atoms with Gasteiger partial charge in [-0.2, -0.15) is 0 Å². The second kappa shape index (κ2) is 10.3. The van der Waals surface area contributed by atoms with Gasteiger partial charge in [0.15, 0.2) is 5.78 Å². The SMILES string of the molecule is CCC1C(CCCC(=O)C2=CC=CC2)=CC=C1CCC(=O)Cc1cccc(C)c1. The summed E-state index contributed by atoms with van der Waals surface area (Å²) in [6.45, 7) is 4.28. The first-order chi connectivity index (χ1) is 14.1. The van der Waals surface area contributed by atoms with Crippen molar-refractivity contribution in [2.75, 3.05) is 0 Å². The summed E-state index contributed by atoms with van der Waals surface area (Å²) < 4.78 is 0. The van der Waals surface area contributed by atoms with Crippen LogP contribution in [0.5, 0.6) is 0 Å². The van der Waals surface area contributed by atoms with E-state index < -0.39 is 0 Å². The molecule has 2 heteroatoms. The van der Waals surface area contributed by atoms with Crippen LogP contribution >= 0.6 is 0 Å². The van der Waals surface area contributed by atoms with Gasteiger partial charge in [-0.1, -0.05) is 78.3 Å². The number of rotatable bonds is 11. The Hall–Kier alpha value is -2.48. The molecule has 3 rings (SSSR count). The summed E-state index contributed by atoms with van der Waals surface area (Å²) in [6, 6.07) is 8.21. The van der Waals surface area contributed by atoms with Crippen molar-refractivity contribution in [1.82, 2.24) is 0 Å². The summed E-state index contributed by atoms with van der Waals surface area (Å²) in [4.78, 5) is 24.6. The van der Waals surface area contributed by atoms with Gasteiger partial charge in [0.1, 0.15) is 5.78 Å². The number of benzene rings is 1. The molecule has 0 amide bonds. The quantitative estimate of drug-likeness (QED) is 0.439. The van der Waals surface area contributed by atoms with Gasteiger partial charge in [-0.15, -0.1) is 0 Å². The van der Waals surface area contributed by atoms with Crippen LogP contribution in [0.2, 0.25) is 0 Å². The summed E-state index contributed by atoms with van der Waals surface area (Å²) in [5.74, 6) is 1.05. The van der Waals surface area contributed by atoms with Crippen molar-refractivity contribution in [1.29, 1.82) is 0 Å². The molecule has 1 aromatic carbocycles. The third-order valence-electron chi connectivity index (χ3n) is 5.99. The Kier molecular flexibility index (Phi) is 7.57. The van der Waals surface area contributed by atoms with E-state index in [9.17, 15) is 9.59 Å². The maximum Gasteiger partial charge on any atom is 0.159 e. The van der Waals surface area contributed by atoms with Crippen LogP contribution < -0.4 is 0 Å². The standard InChI is InChI=1S/C27H32O2/c1-3-26-22(12-7-13-27(29)24-10-4-5-11-24)14-15-23(26)16-17-25(28)19-21-9-6-8-20(2)18-21/h4-6,8-10,14-15,18,26H,3,7,11-13,16-17,19H2,1-2H3. The minimum Gasteiger partial charge on any atom is -0.299 e. The molecule has 29 heavy (non-hydrogen) atoms. The van der Waals surface area contributed by atoms with Gasteiger partial charge in [0.25, 0.3) is 0 Å². The van der Waals surface area contributed by atoms with E-state index in [0.717, 1.165) is 43.2 Å². The number of Topliss-reactive ketones (excluding diaryl/α,β-unsaturated/α-hetero) is 2. The normalized spacial score (nSPS) is 17.9. The Balaban J connectivity index is 1.42. The number of ketones is 2. The van der Waals surface area contributed by atoms with Crippen LogP contribution in [0.1, 0.15) is 63.0 Å². The zero-order valence-electron chi connectivity index (χ0n) is 17.7. The van der Waals surface area contributed by atoms with E-state index in [4.69, 9.17) is 0 Å². The van der Waals surface area contributed by atoms with Crippen LogP contribution in [0.4, 0.5) is 0 Å². The zero-order valence-corrected chi connectivity index (χ0v) is 17.7. The molecule has 1 unspecified atom stereocenters. The fraction of sp³-hybridized carbons (Fsp3) is 0.407. The van der Waals surface area contributed by atoms with Crippen molar-refractivity contribution in [3.8, 4) is 0 Å². The first kappa shape index (κ1) is 21.2. The first-order valence-corrected chi connectivity index (χ1v) is 10.9. The summed E-state index contributed by atoms with van der Waals surface area (Å²) >= 11 is 0. The highest BCUT2D eigenvalue weighted by Crippen LogP contribution is 2.35. The van der Waals surface area contributed by atoms with Crippen LogP contribution in [-0.2, 0) is 16.0 Å². The van der Waals surface area contributed by atoms with Crippen molar-refractivity contribution < 1.29 is 9.59 Å². The number of aryl methyl sites for hydroxylation is 1. The molecular formula is C27H32O2. The second-order valence-corrected chi connectivity index (χ2v) is 8.25. The fourth-order valence-electron chi connectivity index (χ4n) is 4.41. The average Bonchev–Trinajstić information content (AvgIpc) is 3.36. The lowest BCUT2D eigenvalue weighted by Crippen LogP contribution is -2.08. The largest absolute Gasteiger partial charge is 0.299 e. The number of allylic oxidation sites excluding steroid dienone is 8. The molecule has 0 saturated carbocycles. The van der Waals surface area contributed by atoms with Crippen molar-refractivity contribution in [3.05, 3.63) is 82.5 Å². The molecule has 0 heterocycles. The van der Waals surface area contributed by atoms with Crippen molar-refractivity contribution >= 4 is 11.6 Å². The highest BCUT2D eigenvalue weighted by Gasteiger charge is 2.22. The van der Waals surface area contributed by atoms with E-state index in [0.29, 0.717) is 31.0 Å². The van der Waals surface area contributed by atoms with E-state index in [-0.39, 0.29) is 5.78 Å². The minimum absolute atomic E-state index is 0.288. The van der Waals surface area contributed by atoms with Gasteiger partial charge >= 0.3 is 0 Å². The first-order valence-electron chi connectivity index (χ1n) is 10.9. The molecule has 0 aromatic heterocycles. The summed E-state index contributed by atoms with van der Waals surface area (Å²) in [6.07, 6.45) is 16.8. The highest BCUT2D eigenvalue weighted by molar-refractivity contribution is 5.96. The molecule has 0 aliphatic heterocycles. The van der Waals surface area contributed by atoms with Gasteiger partial charge in [-0.05, 0) is 50.2 Å². The topological polar surface area (TPSA) is 34.1 Å². The lowest BCUT2D eigenvalue weighted by Gasteiger charge is -2.18. The van der Waals surface area contributed by atoms with Crippen LogP contribution in [0.15, 0.2) is 71.4 Å². The highest BCUT2D eigenvalue weighted by atomic mass is 16.1. The molecule has 0 saturated heterocycles. The molecule has 0 spiro atoms. The van der Waals surface area contributed by atoms with Crippen LogP contribution in [0, 0.1) is 12.8 Å². The third-order valence-corrected chi connectivity index (χ3v) is 5.99. The zero-order chi connectivity index (χ0) is 20.6. The van der Waals surface area contributed by atoms with Crippen molar-refractivity contribution in [3.63, 3.8) is 0 Å². The van der Waals surface area contributed by atoms with E-state index in [1.807, 2.05) is 30.4 Å². The Bertz CT molecular complexity index is 880. The second-order valence-electron chi connectivity index (χ2n) is 8.25. The third kappa shape index (κ3) is 6.00. The summed E-state index contributed by atoms with van der Waals surface area (Å²) in [5, 5.41) is 0. The van der Waals surface area contributed by atoms with Gasteiger partial charge in [-0.25, -0.2) is 0 Å². The Morgan fingerprint density at radius 3 is 2.52 bits per heavy atom. The number of hydrogen-bond acceptors (Lipinski definition) is 2. The predicted molar refractivity (Wildman–Crippen MR) is 120 cm³/mol. The molecule has 152 valence electrons. The molecule has 1 atom stereocenters. The molecule has 0 bridgehead atoms. The van der Waals surface area contributed by atoms with Gasteiger partial charge < -0.3 is 0 Å². The van der Waals surface area contributed by atoms with Crippen LogP contribution in [0.25, 0.3) is 0 Å². The molecular weight excluding hydrogens is 356 g/mol. The molecule has 2 aliphatic rings. The van der Waals surface area contributed by atoms with E-state index in [1.165, 1.54) is 16.7 Å². The van der Waals surface area contributed by atoms with Crippen molar-refractivity contribution in [2.45, 2.75) is 65.2 Å². The fourth-order valence-corrected chi connectivity index (χ4v) is 4.41. The molecule has 1 aromatic rings. The lowest BCUT2D eigenvalue weighted by atomic mass is 9.87. The number of carbonyl (C=O) groups excluding carboxylic acids is 2. The Morgan fingerprint density at radius 2 is 1.83 bits per heavy atom. The average molecular weight is 389 g/mol. The summed E-state index contributed by atoms with van der Waals surface area (Å²) in [7, 11) is 0. The van der Waals surface area contributed by atoms with E-state index in [1.54, 1.807) is 0 Å². The molecule has 2 nitrogen and oxygen atoms in total. The number of hydrogen-bond donors (Lipinski definition) is 0. The van der Waals surface area contributed by atoms with E-state index in [2.05, 4.69) is 38.1 Å². The minimum atomic E-state index is 0.288. The lowest BCUT2D eigenvalue weighted by molar-refractivity contribution is -0.118. The van der Waals surface area contributed by atoms with Crippen LogP contribution in [0.3, 0.4) is 0 Å². The Labute approximate surface area is 175 Å². The maximum atomic E-state index is 12.4. The van der Waals surface area contributed by atoms with Crippen molar-refractivity contribution in [2.24, 2.45) is 5.92 Å². The van der Waals surface area contributed by atoms with E-state index >= 15 is 0 Å². The molecule has 0 N–H and O–H groups in total. The molecule has 2 aliphatic carbocycles. The monoisotopic (exact) mass is 388 g/mol. The molecule has 0 radical (unpaired) electrons. The van der Waals surface area contributed by atoms with Gasteiger partial charge in [0.2, 0.25) is 0 Å². The molecule has 0 fully saturated rings.